The van der Waals surface area contributed by atoms with Crippen LogP contribution in [0.1, 0.15) is 96.8 Å². The topological polar surface area (TPSA) is 9.23 Å². The Morgan fingerprint density at radius 2 is 1.25 bits per heavy atom. The number of hydrogen-bond donors (Lipinski definition) is 0. The fraction of sp³-hybridized carbons (Fsp3) is 0.913. The molecule has 0 radical (unpaired) electrons. The van der Waals surface area contributed by atoms with Crippen LogP contribution < -0.4 is 0 Å². The van der Waals surface area contributed by atoms with Gasteiger partial charge in [0.25, 0.3) is 0 Å². The second kappa shape index (κ2) is 12.1. The van der Waals surface area contributed by atoms with Crippen molar-refractivity contribution in [3.63, 3.8) is 0 Å². The lowest BCUT2D eigenvalue weighted by atomic mass is 9.75. The van der Waals surface area contributed by atoms with Gasteiger partial charge in [0, 0.05) is 6.61 Å². The summed E-state index contributed by atoms with van der Waals surface area (Å²) >= 11 is 0. The van der Waals surface area contributed by atoms with Gasteiger partial charge in [-0.1, -0.05) is 90.0 Å². The fourth-order valence-corrected chi connectivity index (χ4v) is 4.97. The molecule has 1 nitrogen and oxygen atoms in total. The molecular formula is C23H42O. The predicted octanol–water partition coefficient (Wildman–Crippen LogP) is 7.16. The molecule has 140 valence electrons. The van der Waals surface area contributed by atoms with E-state index in [-0.39, 0.29) is 0 Å². The van der Waals surface area contributed by atoms with E-state index < -0.39 is 0 Å². The van der Waals surface area contributed by atoms with Gasteiger partial charge in [0.1, 0.15) is 0 Å². The third-order valence-electron chi connectivity index (χ3n) is 6.72. The number of unbranched alkanes of at least 4 members (excludes halogenated alkanes) is 2. The first-order chi connectivity index (χ1) is 11.8. The Bertz CT molecular complexity index is 308. The van der Waals surface area contributed by atoms with Crippen LogP contribution in [0.4, 0.5) is 0 Å². The zero-order valence-corrected chi connectivity index (χ0v) is 16.3. The summed E-state index contributed by atoms with van der Waals surface area (Å²) in [5.41, 5.74) is 0. The average Bonchev–Trinajstić information content (AvgIpc) is 2.63. The van der Waals surface area contributed by atoms with Crippen molar-refractivity contribution < 1.29 is 4.74 Å². The van der Waals surface area contributed by atoms with E-state index in [2.05, 4.69) is 13.5 Å². The summed E-state index contributed by atoms with van der Waals surface area (Å²) in [6.45, 7) is 7.72. The summed E-state index contributed by atoms with van der Waals surface area (Å²) in [5, 5.41) is 0. The van der Waals surface area contributed by atoms with Crippen LogP contribution in [-0.4, -0.2) is 13.2 Å². The molecule has 0 amide bonds. The van der Waals surface area contributed by atoms with E-state index >= 15 is 0 Å². The van der Waals surface area contributed by atoms with Gasteiger partial charge in [-0.25, -0.2) is 0 Å². The van der Waals surface area contributed by atoms with Crippen molar-refractivity contribution in [2.45, 2.75) is 96.8 Å². The van der Waals surface area contributed by atoms with E-state index in [4.69, 9.17) is 4.74 Å². The fourth-order valence-electron chi connectivity index (χ4n) is 4.97. The van der Waals surface area contributed by atoms with Crippen molar-refractivity contribution in [2.24, 2.45) is 23.7 Å². The molecule has 0 aromatic rings. The lowest BCUT2D eigenvalue weighted by Gasteiger charge is -2.32. The maximum Gasteiger partial charge on any atom is 0.0644 e. The van der Waals surface area contributed by atoms with Gasteiger partial charge < -0.3 is 4.74 Å². The molecule has 0 saturated heterocycles. The van der Waals surface area contributed by atoms with Gasteiger partial charge in [-0.3, -0.25) is 0 Å². The molecule has 0 atom stereocenters. The lowest BCUT2D eigenvalue weighted by Crippen LogP contribution is -2.20. The first-order valence-electron chi connectivity index (χ1n) is 11.0. The second-order valence-corrected chi connectivity index (χ2v) is 8.67. The van der Waals surface area contributed by atoms with E-state index in [0.29, 0.717) is 0 Å². The molecule has 2 saturated carbocycles. The Morgan fingerprint density at radius 1 is 0.750 bits per heavy atom. The Labute approximate surface area is 151 Å². The molecule has 0 heterocycles. The first-order valence-corrected chi connectivity index (χ1v) is 11.0. The van der Waals surface area contributed by atoms with E-state index in [1.165, 1.54) is 89.9 Å². The Balaban J connectivity index is 1.50. The summed E-state index contributed by atoms with van der Waals surface area (Å²) in [7, 11) is 0. The quantitative estimate of drug-likeness (QED) is 0.287. The van der Waals surface area contributed by atoms with E-state index in [1.54, 1.807) is 0 Å². The smallest absolute Gasteiger partial charge is 0.0644 e. The van der Waals surface area contributed by atoms with Gasteiger partial charge >= 0.3 is 0 Å². The summed E-state index contributed by atoms with van der Waals surface area (Å²) in [6.07, 6.45) is 22.5. The number of hydrogen-bond acceptors (Lipinski definition) is 1. The largest absolute Gasteiger partial charge is 0.377 e. The standard InChI is InChI=1S/C23H42O/c1-3-5-6-7-20-8-10-21(11-9-20)12-13-22-14-16-23(17-15-22)19-24-18-4-2/h4,20-23H,2-3,5-19H2,1H3/t20-,21-,22?,23?. The van der Waals surface area contributed by atoms with Gasteiger partial charge in [0.15, 0.2) is 0 Å². The van der Waals surface area contributed by atoms with Crippen LogP contribution in [0.2, 0.25) is 0 Å². The molecule has 0 unspecified atom stereocenters. The van der Waals surface area contributed by atoms with Crippen molar-refractivity contribution in [2.75, 3.05) is 13.2 Å². The van der Waals surface area contributed by atoms with Crippen molar-refractivity contribution >= 4 is 0 Å². The Morgan fingerprint density at radius 3 is 1.75 bits per heavy atom. The maximum atomic E-state index is 5.64. The third kappa shape index (κ3) is 7.72. The molecule has 24 heavy (non-hydrogen) atoms. The third-order valence-corrected chi connectivity index (χ3v) is 6.72. The van der Waals surface area contributed by atoms with Gasteiger partial charge in [0.2, 0.25) is 0 Å². The van der Waals surface area contributed by atoms with E-state index in [9.17, 15) is 0 Å². The summed E-state index contributed by atoms with van der Waals surface area (Å²) in [4.78, 5) is 0. The Kier molecular flexibility index (Phi) is 10.1. The highest BCUT2D eigenvalue weighted by Gasteiger charge is 2.24. The minimum absolute atomic E-state index is 0.723. The molecular weight excluding hydrogens is 292 g/mol. The highest BCUT2D eigenvalue weighted by molar-refractivity contribution is 4.77. The molecule has 1 heteroatoms. The van der Waals surface area contributed by atoms with Crippen molar-refractivity contribution in [1.29, 1.82) is 0 Å². The zero-order valence-electron chi connectivity index (χ0n) is 16.3. The molecule has 0 aliphatic heterocycles. The Hall–Kier alpha value is -0.300. The van der Waals surface area contributed by atoms with Gasteiger partial charge in [-0.15, -0.1) is 6.58 Å². The monoisotopic (exact) mass is 334 g/mol. The van der Waals surface area contributed by atoms with Crippen LogP contribution in [0.5, 0.6) is 0 Å². The molecule has 0 N–H and O–H groups in total. The maximum absolute atomic E-state index is 5.64. The van der Waals surface area contributed by atoms with Crippen LogP contribution in [-0.2, 0) is 4.74 Å². The normalized spacial score (nSPS) is 31.0. The molecule has 0 spiro atoms. The summed E-state index contributed by atoms with van der Waals surface area (Å²) in [6, 6.07) is 0. The minimum atomic E-state index is 0.723. The summed E-state index contributed by atoms with van der Waals surface area (Å²) in [5.74, 6) is 3.96. The molecule has 2 rings (SSSR count). The minimum Gasteiger partial charge on any atom is -0.377 e. The van der Waals surface area contributed by atoms with Gasteiger partial charge in [-0.05, 0) is 36.5 Å². The summed E-state index contributed by atoms with van der Waals surface area (Å²) < 4.78 is 5.64. The van der Waals surface area contributed by atoms with Crippen LogP contribution in [0, 0.1) is 23.7 Å². The number of ether oxygens (including phenoxy) is 1. The zero-order chi connectivity index (χ0) is 17.0. The highest BCUT2D eigenvalue weighted by atomic mass is 16.5. The average molecular weight is 335 g/mol. The number of rotatable bonds is 11. The van der Waals surface area contributed by atoms with Crippen molar-refractivity contribution in [3.8, 4) is 0 Å². The molecule has 0 bridgehead atoms. The van der Waals surface area contributed by atoms with Crippen LogP contribution in [0.15, 0.2) is 12.7 Å². The second-order valence-electron chi connectivity index (χ2n) is 8.67. The highest BCUT2D eigenvalue weighted by Crippen LogP contribution is 2.37. The van der Waals surface area contributed by atoms with Crippen LogP contribution in [0.25, 0.3) is 0 Å². The molecule has 0 aromatic heterocycles. The van der Waals surface area contributed by atoms with Gasteiger partial charge in [-0.2, -0.15) is 0 Å². The molecule has 2 fully saturated rings. The van der Waals surface area contributed by atoms with Gasteiger partial charge in [0.05, 0.1) is 6.61 Å². The van der Waals surface area contributed by atoms with Crippen molar-refractivity contribution in [3.05, 3.63) is 12.7 Å². The van der Waals surface area contributed by atoms with E-state index in [0.717, 1.165) is 36.9 Å². The van der Waals surface area contributed by atoms with E-state index in [1.807, 2.05) is 6.08 Å². The predicted molar refractivity (Wildman–Crippen MR) is 105 cm³/mol. The SMILES string of the molecule is C=CCOCC1CCC(CC[C@H]2CC[C@H](CCCCC)CC2)CC1. The first kappa shape index (κ1) is 20.0. The van der Waals surface area contributed by atoms with Crippen molar-refractivity contribution in [1.82, 2.24) is 0 Å². The molecule has 2 aliphatic carbocycles. The lowest BCUT2D eigenvalue weighted by molar-refractivity contribution is 0.0936. The van der Waals surface area contributed by atoms with Crippen LogP contribution in [0.3, 0.4) is 0 Å². The van der Waals surface area contributed by atoms with Crippen LogP contribution >= 0.6 is 0 Å². The molecule has 0 aromatic carbocycles. The molecule has 2 aliphatic rings.